The average molecular weight is 391 g/mol. The van der Waals surface area contributed by atoms with Crippen molar-refractivity contribution < 1.29 is 37.3 Å². The SMILES string of the molecule is CC(C)(C)OC(=O)N(Cc1ccc(OC(F)(F)F)cc1)CC(C)(C)C(=O)O. The van der Waals surface area contributed by atoms with Crippen LogP contribution in [0.1, 0.15) is 40.2 Å². The van der Waals surface area contributed by atoms with Crippen LogP contribution in [0.5, 0.6) is 5.75 Å². The summed E-state index contributed by atoms with van der Waals surface area (Å²) in [6, 6.07) is 4.98. The number of hydrogen-bond acceptors (Lipinski definition) is 4. The van der Waals surface area contributed by atoms with Crippen molar-refractivity contribution in [1.82, 2.24) is 4.90 Å². The van der Waals surface area contributed by atoms with Gasteiger partial charge in [0.05, 0.1) is 5.41 Å². The molecule has 27 heavy (non-hydrogen) atoms. The highest BCUT2D eigenvalue weighted by Gasteiger charge is 2.34. The Morgan fingerprint density at radius 1 is 1.04 bits per heavy atom. The number of ether oxygens (including phenoxy) is 2. The second-order valence-corrected chi connectivity index (χ2v) is 7.72. The summed E-state index contributed by atoms with van der Waals surface area (Å²) in [5, 5.41) is 9.31. The largest absolute Gasteiger partial charge is 0.573 e. The number of carbonyl (C=O) groups excluding carboxylic acids is 1. The maximum absolute atomic E-state index is 12.5. The molecular formula is C18H24F3NO5. The fourth-order valence-electron chi connectivity index (χ4n) is 2.07. The lowest BCUT2D eigenvalue weighted by Crippen LogP contribution is -2.44. The minimum absolute atomic E-state index is 0.0298. The van der Waals surface area contributed by atoms with Gasteiger partial charge in [-0.25, -0.2) is 4.79 Å². The number of alkyl halides is 3. The highest BCUT2D eigenvalue weighted by Crippen LogP contribution is 2.25. The number of nitrogens with zero attached hydrogens (tertiary/aromatic N) is 1. The van der Waals surface area contributed by atoms with Gasteiger partial charge in [0.1, 0.15) is 11.4 Å². The van der Waals surface area contributed by atoms with Gasteiger partial charge < -0.3 is 19.5 Å². The fourth-order valence-corrected chi connectivity index (χ4v) is 2.07. The van der Waals surface area contributed by atoms with Crippen molar-refractivity contribution in [3.05, 3.63) is 29.8 Å². The Hall–Kier alpha value is -2.45. The summed E-state index contributed by atoms with van der Waals surface area (Å²) in [7, 11) is 0. The van der Waals surface area contributed by atoms with E-state index in [-0.39, 0.29) is 18.8 Å². The van der Waals surface area contributed by atoms with Crippen LogP contribution in [0.3, 0.4) is 0 Å². The Morgan fingerprint density at radius 2 is 1.56 bits per heavy atom. The zero-order valence-electron chi connectivity index (χ0n) is 15.9. The second-order valence-electron chi connectivity index (χ2n) is 7.72. The van der Waals surface area contributed by atoms with E-state index in [9.17, 15) is 27.9 Å². The van der Waals surface area contributed by atoms with Gasteiger partial charge in [0, 0.05) is 13.1 Å². The second kappa shape index (κ2) is 8.06. The van der Waals surface area contributed by atoms with E-state index < -0.39 is 29.4 Å². The molecule has 9 heteroatoms. The summed E-state index contributed by atoms with van der Waals surface area (Å²) in [6.07, 6.45) is -5.51. The van der Waals surface area contributed by atoms with E-state index in [1.54, 1.807) is 20.8 Å². The highest BCUT2D eigenvalue weighted by molar-refractivity contribution is 5.75. The van der Waals surface area contributed by atoms with E-state index in [4.69, 9.17) is 4.74 Å². The summed E-state index contributed by atoms with van der Waals surface area (Å²) in [6.45, 7) is 7.79. The summed E-state index contributed by atoms with van der Waals surface area (Å²) >= 11 is 0. The third-order valence-corrected chi connectivity index (χ3v) is 3.35. The molecule has 0 aliphatic carbocycles. The molecular weight excluding hydrogens is 367 g/mol. The molecule has 0 heterocycles. The maximum Gasteiger partial charge on any atom is 0.573 e. The molecule has 0 aromatic heterocycles. The fraction of sp³-hybridized carbons (Fsp3) is 0.556. The van der Waals surface area contributed by atoms with Gasteiger partial charge >= 0.3 is 18.4 Å². The van der Waals surface area contributed by atoms with Crippen LogP contribution in [0.15, 0.2) is 24.3 Å². The maximum atomic E-state index is 12.5. The van der Waals surface area contributed by atoms with Crippen LogP contribution in [0.25, 0.3) is 0 Å². The minimum atomic E-state index is -4.80. The standard InChI is InChI=1S/C18H24F3NO5/c1-16(2,3)27-15(25)22(11-17(4,5)14(23)24)10-12-6-8-13(9-7-12)26-18(19,20)21/h6-9H,10-11H2,1-5H3,(H,23,24). The first-order chi connectivity index (χ1) is 12.1. The van der Waals surface area contributed by atoms with E-state index in [0.717, 1.165) is 12.1 Å². The predicted octanol–water partition coefficient (Wildman–Crippen LogP) is 4.43. The van der Waals surface area contributed by atoms with Crippen LogP contribution in [-0.2, 0) is 16.1 Å². The molecule has 6 nitrogen and oxygen atoms in total. The quantitative estimate of drug-likeness (QED) is 0.776. The molecule has 1 amide bonds. The molecule has 1 aromatic carbocycles. The van der Waals surface area contributed by atoms with Crippen molar-refractivity contribution in [3.8, 4) is 5.75 Å². The Bertz CT molecular complexity index is 663. The molecule has 0 saturated heterocycles. The normalized spacial score (nSPS) is 12.4. The molecule has 1 aromatic rings. The predicted molar refractivity (Wildman–Crippen MR) is 91.2 cm³/mol. The number of amides is 1. The van der Waals surface area contributed by atoms with Crippen LogP contribution in [0.4, 0.5) is 18.0 Å². The number of aliphatic carboxylic acids is 1. The number of carboxylic acids is 1. The van der Waals surface area contributed by atoms with Crippen LogP contribution in [-0.4, -0.2) is 40.6 Å². The molecule has 1 rings (SSSR count). The monoisotopic (exact) mass is 391 g/mol. The van der Waals surface area contributed by atoms with E-state index in [2.05, 4.69) is 4.74 Å². The van der Waals surface area contributed by atoms with Crippen molar-refractivity contribution in [3.63, 3.8) is 0 Å². The lowest BCUT2D eigenvalue weighted by Gasteiger charge is -2.32. The molecule has 0 radical (unpaired) electrons. The van der Waals surface area contributed by atoms with Gasteiger partial charge in [0.2, 0.25) is 0 Å². The number of halogens is 3. The third kappa shape index (κ3) is 8.19. The Kier molecular flexibility index (Phi) is 6.74. The van der Waals surface area contributed by atoms with Crippen molar-refractivity contribution in [1.29, 1.82) is 0 Å². The summed E-state index contributed by atoms with van der Waals surface area (Å²) in [5.74, 6) is -1.48. The summed E-state index contributed by atoms with van der Waals surface area (Å²) in [4.78, 5) is 25.1. The molecule has 0 fully saturated rings. The van der Waals surface area contributed by atoms with Crippen molar-refractivity contribution in [2.45, 2.75) is 53.1 Å². The Balaban J connectivity index is 2.99. The molecule has 0 aliphatic rings. The van der Waals surface area contributed by atoms with Crippen molar-refractivity contribution in [2.75, 3.05) is 6.54 Å². The first-order valence-corrected chi connectivity index (χ1v) is 8.15. The van der Waals surface area contributed by atoms with E-state index in [0.29, 0.717) is 5.56 Å². The first kappa shape index (κ1) is 22.6. The third-order valence-electron chi connectivity index (χ3n) is 3.35. The van der Waals surface area contributed by atoms with E-state index >= 15 is 0 Å². The van der Waals surface area contributed by atoms with Crippen molar-refractivity contribution >= 4 is 12.1 Å². The van der Waals surface area contributed by atoms with Gasteiger partial charge in [0.25, 0.3) is 0 Å². The van der Waals surface area contributed by atoms with Crippen LogP contribution in [0, 0.1) is 5.41 Å². The lowest BCUT2D eigenvalue weighted by atomic mass is 9.93. The molecule has 0 unspecified atom stereocenters. The molecule has 0 atom stereocenters. The summed E-state index contributed by atoms with van der Waals surface area (Å²) in [5.41, 5.74) is -1.53. The van der Waals surface area contributed by atoms with Crippen LogP contribution in [0.2, 0.25) is 0 Å². The number of carbonyl (C=O) groups is 2. The zero-order chi connectivity index (χ0) is 21.0. The average Bonchev–Trinajstić information content (AvgIpc) is 2.44. The Labute approximate surface area is 155 Å². The van der Waals surface area contributed by atoms with Gasteiger partial charge in [-0.1, -0.05) is 12.1 Å². The Morgan fingerprint density at radius 3 is 1.96 bits per heavy atom. The van der Waals surface area contributed by atoms with Crippen molar-refractivity contribution in [2.24, 2.45) is 5.41 Å². The molecule has 1 N–H and O–H groups in total. The number of rotatable bonds is 6. The molecule has 152 valence electrons. The van der Waals surface area contributed by atoms with Gasteiger partial charge in [-0.2, -0.15) is 0 Å². The number of carboxylic acid groups (broad SMARTS) is 1. The topological polar surface area (TPSA) is 76.1 Å². The van der Waals surface area contributed by atoms with Gasteiger partial charge in [-0.3, -0.25) is 4.79 Å². The first-order valence-electron chi connectivity index (χ1n) is 8.15. The zero-order valence-corrected chi connectivity index (χ0v) is 15.9. The van der Waals surface area contributed by atoms with Crippen LogP contribution < -0.4 is 4.74 Å². The lowest BCUT2D eigenvalue weighted by molar-refractivity contribution is -0.274. The minimum Gasteiger partial charge on any atom is -0.481 e. The van der Waals surface area contributed by atoms with E-state index in [1.807, 2.05) is 0 Å². The van der Waals surface area contributed by atoms with Crippen LogP contribution >= 0.6 is 0 Å². The van der Waals surface area contributed by atoms with Gasteiger partial charge in [0.15, 0.2) is 0 Å². The van der Waals surface area contributed by atoms with E-state index in [1.165, 1.54) is 30.9 Å². The molecule has 0 spiro atoms. The number of benzene rings is 1. The molecule has 0 saturated carbocycles. The molecule has 0 bridgehead atoms. The highest BCUT2D eigenvalue weighted by atomic mass is 19.4. The smallest absolute Gasteiger partial charge is 0.481 e. The molecule has 0 aliphatic heterocycles. The van der Waals surface area contributed by atoms with Gasteiger partial charge in [-0.15, -0.1) is 13.2 Å². The number of hydrogen-bond donors (Lipinski definition) is 1. The summed E-state index contributed by atoms with van der Waals surface area (Å²) < 4.78 is 45.8. The van der Waals surface area contributed by atoms with Gasteiger partial charge in [-0.05, 0) is 52.3 Å².